The van der Waals surface area contributed by atoms with Crippen LogP contribution in [0.1, 0.15) is 181 Å². The van der Waals surface area contributed by atoms with E-state index in [0.29, 0.717) is 19.6 Å². The lowest BCUT2D eigenvalue weighted by Gasteiger charge is -2.16. The normalized spacial score (nSPS) is 12.4. The van der Waals surface area contributed by atoms with Crippen molar-refractivity contribution < 1.29 is 19.4 Å². The van der Waals surface area contributed by atoms with Crippen molar-refractivity contribution in [3.05, 3.63) is 12.2 Å². The zero-order valence-corrected chi connectivity index (χ0v) is 26.4. The van der Waals surface area contributed by atoms with Crippen LogP contribution in [0.25, 0.3) is 0 Å². The van der Waals surface area contributed by atoms with E-state index >= 15 is 0 Å². The van der Waals surface area contributed by atoms with Crippen LogP contribution in [0.15, 0.2) is 12.2 Å². The second-order valence-electron chi connectivity index (χ2n) is 11.6. The van der Waals surface area contributed by atoms with Gasteiger partial charge in [-0.3, -0.25) is 4.79 Å². The number of aliphatic hydroxyl groups excluding tert-OH is 1. The molecule has 0 saturated carbocycles. The fraction of sp³-hybridized carbons (Fsp3) is 0.914. The molecular weight excluding hydrogens is 484 g/mol. The quantitative estimate of drug-likeness (QED) is 0.0512. The maximum Gasteiger partial charge on any atom is 0.306 e. The summed E-state index contributed by atoms with van der Waals surface area (Å²) >= 11 is 0. The van der Waals surface area contributed by atoms with Crippen LogP contribution in [0, 0.1) is 0 Å². The van der Waals surface area contributed by atoms with E-state index in [1.54, 1.807) is 0 Å². The summed E-state index contributed by atoms with van der Waals surface area (Å²) in [6.07, 6.45) is 36.8. The van der Waals surface area contributed by atoms with Crippen LogP contribution in [-0.4, -0.2) is 37.0 Å². The minimum Gasteiger partial charge on any atom is -0.457 e. The molecule has 0 saturated heterocycles. The first-order valence-corrected chi connectivity index (χ1v) is 17.3. The molecule has 0 spiro atoms. The number of esters is 1. The van der Waals surface area contributed by atoms with Crippen LogP contribution in [0.2, 0.25) is 0 Å². The summed E-state index contributed by atoms with van der Waals surface area (Å²) in [6, 6.07) is 0. The molecule has 0 aliphatic rings. The van der Waals surface area contributed by atoms with Crippen molar-refractivity contribution >= 4 is 5.97 Å². The van der Waals surface area contributed by atoms with E-state index in [9.17, 15) is 9.90 Å². The van der Waals surface area contributed by atoms with Crippen LogP contribution in [0.4, 0.5) is 0 Å². The maximum absolute atomic E-state index is 12.0. The maximum atomic E-state index is 12.0. The lowest BCUT2D eigenvalue weighted by Crippen LogP contribution is -2.27. The van der Waals surface area contributed by atoms with Crippen molar-refractivity contribution in [3.8, 4) is 0 Å². The van der Waals surface area contributed by atoms with Crippen molar-refractivity contribution in [2.75, 3.05) is 19.8 Å². The minimum atomic E-state index is -0.526. The van der Waals surface area contributed by atoms with Crippen molar-refractivity contribution in [1.82, 2.24) is 0 Å². The van der Waals surface area contributed by atoms with Gasteiger partial charge in [0.1, 0.15) is 6.10 Å². The summed E-state index contributed by atoms with van der Waals surface area (Å²) in [6.45, 7) is 5.33. The summed E-state index contributed by atoms with van der Waals surface area (Å²) in [5.41, 5.74) is 0. The highest BCUT2D eigenvalue weighted by Gasteiger charge is 2.13. The molecule has 1 N–H and O–H groups in total. The Kier molecular flexibility index (Phi) is 32.6. The van der Waals surface area contributed by atoms with Crippen molar-refractivity contribution in [2.24, 2.45) is 0 Å². The number of carbonyl (C=O) groups excluding carboxylic acids is 1. The first-order valence-electron chi connectivity index (χ1n) is 17.3. The van der Waals surface area contributed by atoms with Gasteiger partial charge >= 0.3 is 5.97 Å². The molecule has 0 fully saturated rings. The molecule has 0 heterocycles. The Morgan fingerprint density at radius 1 is 0.590 bits per heavy atom. The topological polar surface area (TPSA) is 55.8 Å². The molecule has 0 radical (unpaired) electrons. The minimum absolute atomic E-state index is 0.168. The van der Waals surface area contributed by atoms with E-state index in [4.69, 9.17) is 9.47 Å². The van der Waals surface area contributed by atoms with Gasteiger partial charge in [-0.05, 0) is 38.5 Å². The molecule has 0 aliphatic carbocycles. The fourth-order valence-corrected chi connectivity index (χ4v) is 4.97. The molecule has 1 atom stereocenters. The summed E-state index contributed by atoms with van der Waals surface area (Å²) < 4.78 is 11.1. The first-order chi connectivity index (χ1) is 19.2. The molecule has 0 rings (SSSR count). The monoisotopic (exact) mass is 553 g/mol. The van der Waals surface area contributed by atoms with Gasteiger partial charge in [-0.15, -0.1) is 0 Å². The molecule has 4 heteroatoms. The van der Waals surface area contributed by atoms with Gasteiger partial charge in [0.05, 0.1) is 13.2 Å². The van der Waals surface area contributed by atoms with Crippen molar-refractivity contribution in [2.45, 2.75) is 187 Å². The number of unbranched alkanes of at least 4 members (excludes halogenated alkanes) is 22. The number of hydrogen-bond acceptors (Lipinski definition) is 4. The Bertz CT molecular complexity index is 505. The SMILES string of the molecule is CCCCCCCC/C=C\CCCCCCCCCCOCC(CO)OC(=O)CCCCCCCCCCC. The molecular formula is C35H68O4. The average Bonchev–Trinajstić information content (AvgIpc) is 2.94. The molecule has 0 aromatic heterocycles. The Labute approximate surface area is 244 Å². The first kappa shape index (κ1) is 38.1. The van der Waals surface area contributed by atoms with Gasteiger partial charge in [-0.1, -0.05) is 148 Å². The number of carbonyl (C=O) groups is 1. The van der Waals surface area contributed by atoms with Gasteiger partial charge in [0.25, 0.3) is 0 Å². The molecule has 0 bridgehead atoms. The number of allylic oxidation sites excluding steroid dienone is 2. The number of hydrogen-bond donors (Lipinski definition) is 1. The summed E-state index contributed by atoms with van der Waals surface area (Å²) in [5, 5.41) is 9.50. The average molecular weight is 553 g/mol. The third-order valence-corrected chi connectivity index (χ3v) is 7.59. The number of aliphatic hydroxyl groups is 1. The van der Waals surface area contributed by atoms with Crippen molar-refractivity contribution in [1.29, 1.82) is 0 Å². The molecule has 0 aliphatic heterocycles. The zero-order valence-electron chi connectivity index (χ0n) is 26.4. The molecule has 0 aromatic carbocycles. The van der Waals surface area contributed by atoms with E-state index in [0.717, 1.165) is 19.3 Å². The van der Waals surface area contributed by atoms with Crippen LogP contribution >= 0.6 is 0 Å². The summed E-state index contributed by atoms with van der Waals surface area (Å²) in [5.74, 6) is -0.204. The van der Waals surface area contributed by atoms with E-state index in [1.807, 2.05) is 0 Å². The molecule has 1 unspecified atom stereocenters. The van der Waals surface area contributed by atoms with Gasteiger partial charge in [0, 0.05) is 13.0 Å². The molecule has 0 amide bonds. The van der Waals surface area contributed by atoms with E-state index in [-0.39, 0.29) is 12.6 Å². The predicted molar refractivity (Wildman–Crippen MR) is 168 cm³/mol. The number of ether oxygens (including phenoxy) is 2. The number of rotatable bonds is 32. The Morgan fingerprint density at radius 2 is 1.00 bits per heavy atom. The third-order valence-electron chi connectivity index (χ3n) is 7.59. The Balaban J connectivity index is 3.39. The standard InChI is InChI=1S/C35H68O4/c1-3-5-7-9-11-13-14-15-16-17-18-19-20-21-23-25-27-29-31-38-33-34(32-36)39-35(37)30-28-26-24-22-12-10-8-6-4-2/h15-16,34,36H,3-14,17-33H2,1-2H3/b16-15-. The molecule has 0 aromatic rings. The van der Waals surface area contributed by atoms with Gasteiger partial charge in [0.15, 0.2) is 0 Å². The molecule has 39 heavy (non-hydrogen) atoms. The van der Waals surface area contributed by atoms with E-state index < -0.39 is 6.10 Å². The molecule has 232 valence electrons. The lowest BCUT2D eigenvalue weighted by atomic mass is 10.1. The largest absolute Gasteiger partial charge is 0.457 e. The highest BCUT2D eigenvalue weighted by atomic mass is 16.6. The van der Waals surface area contributed by atoms with Gasteiger partial charge in [-0.25, -0.2) is 0 Å². The van der Waals surface area contributed by atoms with Crippen LogP contribution in [-0.2, 0) is 14.3 Å². The fourth-order valence-electron chi connectivity index (χ4n) is 4.97. The van der Waals surface area contributed by atoms with Crippen molar-refractivity contribution in [3.63, 3.8) is 0 Å². The Hall–Kier alpha value is -0.870. The Morgan fingerprint density at radius 3 is 1.46 bits per heavy atom. The predicted octanol–water partition coefficient (Wildman–Crippen LogP) is 10.6. The highest BCUT2D eigenvalue weighted by Crippen LogP contribution is 2.13. The summed E-state index contributed by atoms with van der Waals surface area (Å²) in [7, 11) is 0. The van der Waals surface area contributed by atoms with E-state index in [2.05, 4.69) is 26.0 Å². The van der Waals surface area contributed by atoms with E-state index in [1.165, 1.54) is 141 Å². The lowest BCUT2D eigenvalue weighted by molar-refractivity contribution is -0.154. The highest BCUT2D eigenvalue weighted by molar-refractivity contribution is 5.69. The van der Waals surface area contributed by atoms with Gasteiger partial charge in [-0.2, -0.15) is 0 Å². The van der Waals surface area contributed by atoms with Gasteiger partial charge < -0.3 is 14.6 Å². The second-order valence-corrected chi connectivity index (χ2v) is 11.6. The smallest absolute Gasteiger partial charge is 0.306 e. The molecule has 4 nitrogen and oxygen atoms in total. The third kappa shape index (κ3) is 31.5. The van der Waals surface area contributed by atoms with Crippen LogP contribution in [0.5, 0.6) is 0 Å². The van der Waals surface area contributed by atoms with Crippen LogP contribution in [0.3, 0.4) is 0 Å². The summed E-state index contributed by atoms with van der Waals surface area (Å²) in [4.78, 5) is 12.0. The van der Waals surface area contributed by atoms with Gasteiger partial charge in [0.2, 0.25) is 0 Å². The zero-order chi connectivity index (χ0) is 28.5. The second kappa shape index (κ2) is 33.3. The van der Waals surface area contributed by atoms with Crippen LogP contribution < -0.4 is 0 Å².